The summed E-state index contributed by atoms with van der Waals surface area (Å²) < 4.78 is 0. The van der Waals surface area contributed by atoms with Gasteiger partial charge in [0.25, 0.3) is 0 Å². The fraction of sp³-hybridized carbons (Fsp3) is 0.667. The first kappa shape index (κ1) is 16.2. The second-order valence-electron chi connectivity index (χ2n) is 7.29. The minimum absolute atomic E-state index is 0. The van der Waals surface area contributed by atoms with Gasteiger partial charge in [-0.25, -0.2) is 0 Å². The maximum Gasteiger partial charge on any atom is -0.00367 e. The third kappa shape index (κ3) is 1.94. The van der Waals surface area contributed by atoms with Gasteiger partial charge < -0.3 is 5.73 Å². The van der Waals surface area contributed by atoms with E-state index in [9.17, 15) is 0 Å². The lowest BCUT2D eigenvalue weighted by Crippen LogP contribution is -2.42. The topological polar surface area (TPSA) is 26.0 Å². The van der Waals surface area contributed by atoms with Crippen LogP contribution in [0.15, 0.2) is 18.2 Å². The van der Waals surface area contributed by atoms with Crippen LogP contribution in [0, 0.1) is 5.41 Å². The van der Waals surface area contributed by atoms with Gasteiger partial charge in [-0.2, -0.15) is 0 Å². The first-order valence-electron chi connectivity index (χ1n) is 7.00. The molecule has 0 heterocycles. The van der Waals surface area contributed by atoms with Gasteiger partial charge in [0.2, 0.25) is 0 Å². The van der Waals surface area contributed by atoms with Crippen molar-refractivity contribution >= 4 is 0 Å². The summed E-state index contributed by atoms with van der Waals surface area (Å²) in [5.74, 6) is 0. The van der Waals surface area contributed by atoms with Gasteiger partial charge >= 0.3 is 0 Å². The van der Waals surface area contributed by atoms with E-state index in [1.807, 2.05) is 0 Å². The van der Waals surface area contributed by atoms with E-state index in [-0.39, 0.29) is 23.7 Å². The van der Waals surface area contributed by atoms with Crippen LogP contribution in [0.4, 0.5) is 0 Å². The van der Waals surface area contributed by atoms with Crippen molar-refractivity contribution in [3.8, 4) is 0 Å². The quantitative estimate of drug-likeness (QED) is 0.838. The van der Waals surface area contributed by atoms with Gasteiger partial charge in [-0.1, -0.05) is 67.2 Å². The maximum atomic E-state index is 5.68. The van der Waals surface area contributed by atoms with Crippen molar-refractivity contribution in [1.82, 2.24) is 0 Å². The number of rotatable bonds is 2. The molecule has 1 aromatic carbocycles. The molecule has 0 saturated heterocycles. The predicted molar refractivity (Wildman–Crippen MR) is 85.8 cm³/mol. The molecule has 0 aromatic heterocycles. The molecule has 0 amide bonds. The lowest BCUT2D eigenvalue weighted by molar-refractivity contribution is 0.125. The molecule has 0 bridgehead atoms. The Hall–Kier alpha value is -0.820. The maximum absolute atomic E-state index is 5.68. The lowest BCUT2D eigenvalue weighted by atomic mass is 9.59. The second-order valence-corrected chi connectivity index (χ2v) is 7.29. The van der Waals surface area contributed by atoms with Crippen LogP contribution >= 0.6 is 0 Å². The zero-order chi connectivity index (χ0) is 13.8. The first-order valence-corrected chi connectivity index (χ1v) is 7.00. The van der Waals surface area contributed by atoms with E-state index in [1.54, 1.807) is 0 Å². The van der Waals surface area contributed by atoms with E-state index in [4.69, 9.17) is 5.73 Å². The van der Waals surface area contributed by atoms with Crippen molar-refractivity contribution in [2.45, 2.75) is 66.2 Å². The first-order chi connectivity index (χ1) is 8.16. The van der Waals surface area contributed by atoms with Crippen molar-refractivity contribution in [3.05, 3.63) is 34.9 Å². The molecule has 0 saturated carbocycles. The van der Waals surface area contributed by atoms with Crippen molar-refractivity contribution in [2.24, 2.45) is 11.1 Å². The Morgan fingerprint density at radius 3 is 1.95 bits per heavy atom. The van der Waals surface area contributed by atoms with Gasteiger partial charge in [-0.05, 0) is 45.9 Å². The molecule has 0 atom stereocenters. The number of hydrogen-bond donors (Lipinski definition) is 1. The van der Waals surface area contributed by atoms with Crippen molar-refractivity contribution in [1.29, 1.82) is 0 Å². The monoisotopic (exact) mass is 261 g/mol. The summed E-state index contributed by atoms with van der Waals surface area (Å²) in [5, 5.41) is 0. The minimum Gasteiger partial charge on any atom is -0.330 e. The SMILES string of the molecule is C.CC1(C)c2ccc(CCN)cc2C(C)(C)C1(C)C. The Morgan fingerprint density at radius 2 is 1.42 bits per heavy atom. The summed E-state index contributed by atoms with van der Waals surface area (Å²) in [5.41, 5.74) is 10.8. The van der Waals surface area contributed by atoms with Crippen LogP contribution in [0.2, 0.25) is 0 Å². The predicted octanol–water partition coefficient (Wildman–Crippen LogP) is 4.42. The molecule has 0 aliphatic heterocycles. The third-order valence-electron chi connectivity index (χ3n) is 5.99. The van der Waals surface area contributed by atoms with Crippen LogP contribution < -0.4 is 5.73 Å². The zero-order valence-corrected chi connectivity index (χ0v) is 12.7. The summed E-state index contributed by atoms with van der Waals surface area (Å²) in [7, 11) is 0. The Morgan fingerprint density at radius 1 is 0.895 bits per heavy atom. The van der Waals surface area contributed by atoms with Crippen LogP contribution in [0.3, 0.4) is 0 Å². The Balaban J connectivity index is 0.00000180. The molecule has 1 aromatic rings. The van der Waals surface area contributed by atoms with Crippen LogP contribution in [0.25, 0.3) is 0 Å². The van der Waals surface area contributed by atoms with Gasteiger partial charge in [0.15, 0.2) is 0 Å². The molecule has 2 rings (SSSR count). The minimum atomic E-state index is 0. The molecule has 0 radical (unpaired) electrons. The van der Waals surface area contributed by atoms with Crippen molar-refractivity contribution in [3.63, 3.8) is 0 Å². The Labute approximate surface area is 119 Å². The van der Waals surface area contributed by atoms with Gasteiger partial charge in [0.05, 0.1) is 0 Å². The van der Waals surface area contributed by atoms with E-state index in [0.717, 1.165) is 13.0 Å². The van der Waals surface area contributed by atoms with E-state index in [2.05, 4.69) is 59.7 Å². The molecular formula is C18H31N. The molecule has 108 valence electrons. The van der Waals surface area contributed by atoms with E-state index in [0.29, 0.717) is 0 Å². The zero-order valence-electron chi connectivity index (χ0n) is 12.7. The van der Waals surface area contributed by atoms with Crippen LogP contribution in [-0.4, -0.2) is 6.54 Å². The molecule has 19 heavy (non-hydrogen) atoms. The third-order valence-corrected chi connectivity index (χ3v) is 5.99. The average Bonchev–Trinajstić information content (AvgIpc) is 2.37. The normalized spacial score (nSPS) is 21.6. The number of fused-ring (bicyclic) bond motifs is 1. The van der Waals surface area contributed by atoms with E-state index < -0.39 is 0 Å². The highest BCUT2D eigenvalue weighted by molar-refractivity contribution is 5.50. The largest absolute Gasteiger partial charge is 0.330 e. The summed E-state index contributed by atoms with van der Waals surface area (Å²) in [6.45, 7) is 15.0. The Kier molecular flexibility index (Phi) is 3.95. The van der Waals surface area contributed by atoms with Gasteiger partial charge in [0, 0.05) is 0 Å². The van der Waals surface area contributed by atoms with Crippen LogP contribution in [0.1, 0.15) is 65.7 Å². The molecule has 2 N–H and O–H groups in total. The number of nitrogens with two attached hydrogens (primary N) is 1. The molecule has 1 heteroatoms. The fourth-order valence-electron chi connectivity index (χ4n) is 3.43. The van der Waals surface area contributed by atoms with E-state index >= 15 is 0 Å². The number of hydrogen-bond acceptors (Lipinski definition) is 1. The molecular weight excluding hydrogens is 230 g/mol. The smallest absolute Gasteiger partial charge is 0.00367 e. The molecule has 1 nitrogen and oxygen atoms in total. The van der Waals surface area contributed by atoms with Crippen LogP contribution in [0.5, 0.6) is 0 Å². The highest BCUT2D eigenvalue weighted by atomic mass is 14.6. The van der Waals surface area contributed by atoms with Crippen molar-refractivity contribution in [2.75, 3.05) is 6.54 Å². The van der Waals surface area contributed by atoms with Gasteiger partial charge in [-0.15, -0.1) is 0 Å². The lowest BCUT2D eigenvalue weighted by Gasteiger charge is -2.44. The van der Waals surface area contributed by atoms with E-state index in [1.165, 1.54) is 16.7 Å². The molecule has 1 aliphatic carbocycles. The van der Waals surface area contributed by atoms with Gasteiger partial charge in [0.1, 0.15) is 0 Å². The molecule has 0 spiro atoms. The van der Waals surface area contributed by atoms with Crippen LogP contribution in [-0.2, 0) is 17.3 Å². The summed E-state index contributed by atoms with van der Waals surface area (Å²) in [4.78, 5) is 0. The Bertz CT molecular complexity index is 467. The highest BCUT2D eigenvalue weighted by Gasteiger charge is 2.56. The van der Waals surface area contributed by atoms with Crippen molar-refractivity contribution < 1.29 is 0 Å². The molecule has 0 unspecified atom stereocenters. The molecule has 0 fully saturated rings. The molecule has 1 aliphatic rings. The standard InChI is InChI=1S/C17H27N.CH4/c1-15(2)13-8-7-12(9-10-18)11-14(13)16(3,4)17(15,5)6;/h7-8,11H,9-10,18H2,1-6H3;1H4. The fourth-order valence-corrected chi connectivity index (χ4v) is 3.43. The highest BCUT2D eigenvalue weighted by Crippen LogP contribution is 2.61. The van der Waals surface area contributed by atoms with Gasteiger partial charge in [-0.3, -0.25) is 0 Å². The summed E-state index contributed by atoms with van der Waals surface area (Å²) >= 11 is 0. The summed E-state index contributed by atoms with van der Waals surface area (Å²) in [6, 6.07) is 6.97. The summed E-state index contributed by atoms with van der Waals surface area (Å²) in [6.07, 6.45) is 0.976. The average molecular weight is 261 g/mol. The number of benzene rings is 1. The second kappa shape index (κ2) is 4.63.